The van der Waals surface area contributed by atoms with Gasteiger partial charge in [-0.2, -0.15) is 0 Å². The third kappa shape index (κ3) is 1.86. The van der Waals surface area contributed by atoms with Crippen LogP contribution in [0.15, 0.2) is 24.3 Å². The summed E-state index contributed by atoms with van der Waals surface area (Å²) in [5, 5.41) is 0. The molecule has 4 heteroatoms. The van der Waals surface area contributed by atoms with Crippen LogP contribution in [0.2, 0.25) is 0 Å². The molecule has 0 atom stereocenters. The maximum absolute atomic E-state index is 13.8. The van der Waals surface area contributed by atoms with Gasteiger partial charge in [-0.1, -0.05) is 18.2 Å². The molecule has 0 unspecified atom stereocenters. The molecule has 0 aliphatic rings. The number of hydrogen-bond donors (Lipinski definition) is 1. The summed E-state index contributed by atoms with van der Waals surface area (Å²) in [5.74, 6) is -0.655. The van der Waals surface area contributed by atoms with Crippen molar-refractivity contribution in [3.05, 3.63) is 47.0 Å². The fourth-order valence-corrected chi connectivity index (χ4v) is 2.12. The minimum Gasteiger partial charge on any atom is -0.355 e. The average Bonchev–Trinajstić information content (AvgIpc) is 2.66. The number of hydrogen-bond acceptors (Lipinski definition) is 2. The van der Waals surface area contributed by atoms with Crippen LogP contribution in [0.25, 0.3) is 11.1 Å². The average molecular weight is 245 g/mol. The number of ketones is 1. The van der Waals surface area contributed by atoms with E-state index in [1.54, 1.807) is 25.1 Å². The first-order chi connectivity index (χ1) is 8.56. The largest absolute Gasteiger partial charge is 0.355 e. The quantitative estimate of drug-likeness (QED) is 0.667. The summed E-state index contributed by atoms with van der Waals surface area (Å²) in [6.07, 6.45) is 0.598. The van der Waals surface area contributed by atoms with Crippen molar-refractivity contribution >= 4 is 12.1 Å². The highest BCUT2D eigenvalue weighted by Crippen LogP contribution is 2.31. The molecule has 0 saturated heterocycles. The van der Waals surface area contributed by atoms with Gasteiger partial charge in [0.1, 0.15) is 5.82 Å². The summed E-state index contributed by atoms with van der Waals surface area (Å²) < 4.78 is 13.8. The normalized spacial score (nSPS) is 10.4. The van der Waals surface area contributed by atoms with Crippen LogP contribution in [-0.4, -0.2) is 17.1 Å². The molecule has 92 valence electrons. The van der Waals surface area contributed by atoms with Crippen molar-refractivity contribution in [3.63, 3.8) is 0 Å². The molecule has 3 nitrogen and oxygen atoms in total. The number of halogens is 1. The van der Waals surface area contributed by atoms with E-state index in [1.165, 1.54) is 13.0 Å². The Labute approximate surface area is 104 Å². The minimum atomic E-state index is -0.456. The predicted molar refractivity (Wildman–Crippen MR) is 66.3 cm³/mol. The summed E-state index contributed by atoms with van der Waals surface area (Å²) >= 11 is 0. The third-order valence-electron chi connectivity index (χ3n) is 2.83. The molecule has 0 aliphatic carbocycles. The SMILES string of the molecule is CC(=O)c1c(C)[nH]c(C=O)c1-c1ccccc1F. The van der Waals surface area contributed by atoms with Crippen molar-refractivity contribution in [2.75, 3.05) is 0 Å². The second-order valence-corrected chi connectivity index (χ2v) is 4.07. The number of carbonyl (C=O) groups excluding carboxylic acids is 2. The van der Waals surface area contributed by atoms with Crippen molar-refractivity contribution < 1.29 is 14.0 Å². The fourth-order valence-electron chi connectivity index (χ4n) is 2.12. The van der Waals surface area contributed by atoms with Gasteiger partial charge in [0, 0.05) is 22.4 Å². The van der Waals surface area contributed by atoms with Crippen molar-refractivity contribution in [1.29, 1.82) is 0 Å². The number of benzene rings is 1. The van der Waals surface area contributed by atoms with Crippen LogP contribution in [0.1, 0.15) is 33.5 Å². The van der Waals surface area contributed by atoms with Crippen LogP contribution in [-0.2, 0) is 0 Å². The van der Waals surface area contributed by atoms with Gasteiger partial charge in [0.05, 0.1) is 5.69 Å². The van der Waals surface area contributed by atoms with Gasteiger partial charge in [-0.05, 0) is 19.9 Å². The van der Waals surface area contributed by atoms with E-state index in [0.717, 1.165) is 0 Å². The molecule has 0 saturated carbocycles. The zero-order valence-corrected chi connectivity index (χ0v) is 10.1. The van der Waals surface area contributed by atoms with Crippen molar-refractivity contribution in [2.45, 2.75) is 13.8 Å². The van der Waals surface area contributed by atoms with Crippen LogP contribution in [0.5, 0.6) is 0 Å². The van der Waals surface area contributed by atoms with Crippen LogP contribution in [0, 0.1) is 12.7 Å². The Morgan fingerprint density at radius 3 is 2.56 bits per heavy atom. The number of aromatic nitrogens is 1. The third-order valence-corrected chi connectivity index (χ3v) is 2.83. The lowest BCUT2D eigenvalue weighted by molar-refractivity contribution is 0.101. The number of nitrogens with one attached hydrogen (secondary N) is 1. The highest BCUT2D eigenvalue weighted by atomic mass is 19.1. The maximum atomic E-state index is 13.8. The van der Waals surface area contributed by atoms with Gasteiger partial charge in [0.15, 0.2) is 12.1 Å². The molecule has 18 heavy (non-hydrogen) atoms. The molecule has 1 aromatic carbocycles. The van der Waals surface area contributed by atoms with Crippen LogP contribution >= 0.6 is 0 Å². The molecule has 2 aromatic rings. The predicted octanol–water partition coefficient (Wildman–Crippen LogP) is 3.14. The van der Waals surface area contributed by atoms with E-state index in [-0.39, 0.29) is 17.0 Å². The van der Waals surface area contributed by atoms with Crippen molar-refractivity contribution in [3.8, 4) is 11.1 Å². The first-order valence-electron chi connectivity index (χ1n) is 5.49. The zero-order chi connectivity index (χ0) is 13.3. The molecule has 0 aliphatic heterocycles. The molecule has 1 N–H and O–H groups in total. The summed E-state index contributed by atoms with van der Waals surface area (Å²) in [6.45, 7) is 3.09. The molecular weight excluding hydrogens is 233 g/mol. The molecular formula is C14H12FNO2. The Balaban J connectivity index is 2.81. The highest BCUT2D eigenvalue weighted by Gasteiger charge is 2.21. The fraction of sp³-hybridized carbons (Fsp3) is 0.143. The number of aryl methyl sites for hydroxylation is 1. The summed E-state index contributed by atoms with van der Waals surface area (Å²) in [4.78, 5) is 25.5. The lowest BCUT2D eigenvalue weighted by atomic mass is 9.98. The molecule has 0 spiro atoms. The number of rotatable bonds is 3. The van der Waals surface area contributed by atoms with Gasteiger partial charge in [0.25, 0.3) is 0 Å². The Hall–Kier alpha value is -2.23. The van der Waals surface area contributed by atoms with Crippen LogP contribution in [0.4, 0.5) is 4.39 Å². The van der Waals surface area contributed by atoms with E-state index in [9.17, 15) is 14.0 Å². The minimum absolute atomic E-state index is 0.199. The van der Waals surface area contributed by atoms with Gasteiger partial charge >= 0.3 is 0 Å². The first kappa shape index (κ1) is 12.2. The second-order valence-electron chi connectivity index (χ2n) is 4.07. The zero-order valence-electron chi connectivity index (χ0n) is 10.1. The van der Waals surface area contributed by atoms with Crippen molar-refractivity contribution in [2.24, 2.45) is 0 Å². The number of Topliss-reactive ketones (excluding diaryl/α,β-unsaturated/α-hetero) is 1. The van der Waals surface area contributed by atoms with Gasteiger partial charge < -0.3 is 4.98 Å². The molecule has 0 radical (unpaired) electrons. The molecule has 0 fully saturated rings. The van der Waals surface area contributed by atoms with E-state index in [4.69, 9.17) is 0 Å². The smallest absolute Gasteiger partial charge is 0.166 e. The van der Waals surface area contributed by atoms with E-state index in [2.05, 4.69) is 4.98 Å². The number of aromatic amines is 1. The van der Waals surface area contributed by atoms with Gasteiger partial charge in [-0.15, -0.1) is 0 Å². The van der Waals surface area contributed by atoms with Crippen LogP contribution in [0.3, 0.4) is 0 Å². The Morgan fingerprint density at radius 2 is 2.00 bits per heavy atom. The van der Waals surface area contributed by atoms with Gasteiger partial charge in [-0.25, -0.2) is 4.39 Å². The van der Waals surface area contributed by atoms with E-state index in [0.29, 0.717) is 23.1 Å². The molecule has 1 heterocycles. The van der Waals surface area contributed by atoms with Crippen molar-refractivity contribution in [1.82, 2.24) is 4.98 Å². The lowest BCUT2D eigenvalue weighted by Gasteiger charge is -2.04. The van der Waals surface area contributed by atoms with Crippen LogP contribution < -0.4 is 0 Å². The lowest BCUT2D eigenvalue weighted by Crippen LogP contribution is -1.97. The van der Waals surface area contributed by atoms with E-state index < -0.39 is 5.82 Å². The Kier molecular flexibility index (Phi) is 3.10. The van der Waals surface area contributed by atoms with E-state index >= 15 is 0 Å². The molecule has 0 amide bonds. The standard InChI is InChI=1S/C14H12FNO2/c1-8-13(9(2)18)14(12(7-17)16-8)10-5-3-4-6-11(10)15/h3-7,16H,1-2H3. The molecule has 0 bridgehead atoms. The van der Waals surface area contributed by atoms with Gasteiger partial charge in [-0.3, -0.25) is 9.59 Å². The number of carbonyl (C=O) groups is 2. The number of aldehydes is 1. The summed E-state index contributed by atoms with van der Waals surface area (Å²) in [6, 6.07) is 6.08. The highest BCUT2D eigenvalue weighted by molar-refractivity contribution is 6.06. The maximum Gasteiger partial charge on any atom is 0.166 e. The summed E-state index contributed by atoms with van der Waals surface area (Å²) in [5.41, 5.74) is 1.76. The first-order valence-corrected chi connectivity index (χ1v) is 5.49. The molecule has 2 rings (SSSR count). The van der Waals surface area contributed by atoms with E-state index in [1.807, 2.05) is 0 Å². The second kappa shape index (κ2) is 4.56. The topological polar surface area (TPSA) is 49.9 Å². The van der Waals surface area contributed by atoms with Gasteiger partial charge in [0.2, 0.25) is 0 Å². The Morgan fingerprint density at radius 1 is 1.33 bits per heavy atom. The summed E-state index contributed by atoms with van der Waals surface area (Å²) in [7, 11) is 0. The molecule has 1 aromatic heterocycles. The number of H-pyrrole nitrogens is 1. The monoisotopic (exact) mass is 245 g/mol. The Bertz CT molecular complexity index is 629.